The molecule has 3 atom stereocenters. The van der Waals surface area contributed by atoms with Crippen molar-refractivity contribution in [3.8, 4) is 0 Å². The topological polar surface area (TPSA) is 23.5 Å². The number of hydrogen-bond acceptors (Lipinski definition) is 2. The Kier molecular flexibility index (Phi) is 4.91. The van der Waals surface area contributed by atoms with E-state index in [1.165, 1.54) is 24.0 Å². The Labute approximate surface area is 133 Å². The second-order valence-corrected chi connectivity index (χ2v) is 6.26. The van der Waals surface area contributed by atoms with E-state index in [2.05, 4.69) is 66.4 Å². The Morgan fingerprint density at radius 3 is 2.27 bits per heavy atom. The maximum Gasteiger partial charge on any atom is 0.0628 e. The molecule has 0 amide bonds. The van der Waals surface area contributed by atoms with Gasteiger partial charge >= 0.3 is 0 Å². The van der Waals surface area contributed by atoms with Gasteiger partial charge in [-0.25, -0.2) is 0 Å². The van der Waals surface area contributed by atoms with Crippen LogP contribution in [0.5, 0.6) is 0 Å². The molecule has 0 aliphatic carbocycles. The summed E-state index contributed by atoms with van der Waals surface area (Å²) in [7, 11) is 0. The van der Waals surface area contributed by atoms with Crippen molar-refractivity contribution in [2.75, 3.05) is 6.61 Å². The van der Waals surface area contributed by atoms with Crippen molar-refractivity contribution in [3.05, 3.63) is 71.8 Å². The van der Waals surface area contributed by atoms with Crippen LogP contribution in [0.15, 0.2) is 60.7 Å². The highest BCUT2D eigenvalue weighted by molar-refractivity contribution is 5.24. The second-order valence-electron chi connectivity index (χ2n) is 6.26. The number of hydrogen-bond donors (Lipinski definition) is 1. The van der Waals surface area contributed by atoms with E-state index in [-0.39, 0.29) is 12.6 Å². The van der Waals surface area contributed by atoms with E-state index in [1.54, 1.807) is 0 Å². The fourth-order valence-electron chi connectivity index (χ4n) is 3.80. The Morgan fingerprint density at radius 1 is 1.00 bits per heavy atom. The monoisotopic (exact) mass is 295 g/mol. The van der Waals surface area contributed by atoms with E-state index in [0.717, 1.165) is 6.42 Å². The number of aliphatic hydroxyl groups is 1. The van der Waals surface area contributed by atoms with Crippen LogP contribution < -0.4 is 0 Å². The molecule has 1 aliphatic heterocycles. The molecule has 1 N–H and O–H groups in total. The lowest BCUT2D eigenvalue weighted by atomic mass is 9.88. The lowest BCUT2D eigenvalue weighted by Crippen LogP contribution is -2.43. The molecule has 1 saturated heterocycles. The van der Waals surface area contributed by atoms with E-state index in [9.17, 15) is 5.11 Å². The second kappa shape index (κ2) is 7.08. The molecule has 0 radical (unpaired) electrons. The maximum atomic E-state index is 10.1. The average molecular weight is 295 g/mol. The smallest absolute Gasteiger partial charge is 0.0628 e. The summed E-state index contributed by atoms with van der Waals surface area (Å²) in [6.07, 6.45) is 3.62. The van der Waals surface area contributed by atoms with Gasteiger partial charge in [-0.2, -0.15) is 0 Å². The van der Waals surface area contributed by atoms with E-state index in [4.69, 9.17) is 0 Å². The van der Waals surface area contributed by atoms with Crippen LogP contribution in [0.3, 0.4) is 0 Å². The highest BCUT2D eigenvalue weighted by Crippen LogP contribution is 2.40. The van der Waals surface area contributed by atoms with Gasteiger partial charge in [-0.3, -0.25) is 4.90 Å². The minimum Gasteiger partial charge on any atom is -0.394 e. The molecule has 3 rings (SSSR count). The van der Waals surface area contributed by atoms with Crippen LogP contribution in [0.2, 0.25) is 0 Å². The molecular weight excluding hydrogens is 270 g/mol. The minimum absolute atomic E-state index is 0.0710. The van der Waals surface area contributed by atoms with Crippen molar-refractivity contribution in [1.29, 1.82) is 0 Å². The fraction of sp³-hybridized carbons (Fsp3) is 0.400. The van der Waals surface area contributed by atoms with Crippen LogP contribution in [0.25, 0.3) is 0 Å². The average Bonchev–Trinajstić information content (AvgIpc) is 2.59. The molecule has 2 aromatic rings. The minimum atomic E-state index is 0.0710. The summed E-state index contributed by atoms with van der Waals surface area (Å²) in [4.78, 5) is 2.52. The zero-order chi connectivity index (χ0) is 15.4. The van der Waals surface area contributed by atoms with Gasteiger partial charge in [0, 0.05) is 12.1 Å². The Balaban J connectivity index is 1.95. The third-order valence-corrected chi connectivity index (χ3v) is 4.87. The van der Waals surface area contributed by atoms with Crippen molar-refractivity contribution >= 4 is 0 Å². The van der Waals surface area contributed by atoms with Crippen LogP contribution in [-0.2, 0) is 0 Å². The van der Waals surface area contributed by atoms with Gasteiger partial charge in [-0.1, -0.05) is 67.1 Å². The van der Waals surface area contributed by atoms with Crippen LogP contribution >= 0.6 is 0 Å². The molecule has 3 unspecified atom stereocenters. The van der Waals surface area contributed by atoms with Gasteiger partial charge in [0.15, 0.2) is 0 Å². The van der Waals surface area contributed by atoms with Crippen LogP contribution in [-0.4, -0.2) is 22.7 Å². The van der Waals surface area contributed by atoms with Crippen molar-refractivity contribution in [1.82, 2.24) is 4.90 Å². The number of benzene rings is 2. The molecule has 1 fully saturated rings. The summed E-state index contributed by atoms with van der Waals surface area (Å²) < 4.78 is 0. The van der Waals surface area contributed by atoms with Gasteiger partial charge in [0.2, 0.25) is 0 Å². The third-order valence-electron chi connectivity index (χ3n) is 4.87. The molecular formula is C20H25NO. The number of nitrogens with zero attached hydrogens (tertiary/aromatic N) is 1. The van der Waals surface area contributed by atoms with Gasteiger partial charge in [0.05, 0.1) is 12.6 Å². The number of rotatable bonds is 4. The standard InChI is InChI=1S/C20H25NO/c1-16-9-8-14-19(17-10-4-2-5-11-17)21(16)20(15-22)18-12-6-3-7-13-18/h2-7,10-13,16,19-20,22H,8-9,14-15H2,1H3. The number of piperidine rings is 1. The van der Waals surface area contributed by atoms with E-state index in [1.807, 2.05) is 6.07 Å². The number of likely N-dealkylation sites (tertiary alicyclic amines) is 1. The molecule has 116 valence electrons. The van der Waals surface area contributed by atoms with Gasteiger partial charge in [-0.15, -0.1) is 0 Å². The largest absolute Gasteiger partial charge is 0.394 e. The first kappa shape index (κ1) is 15.3. The van der Waals surface area contributed by atoms with Crippen molar-refractivity contribution in [3.63, 3.8) is 0 Å². The maximum absolute atomic E-state index is 10.1. The summed E-state index contributed by atoms with van der Waals surface area (Å²) in [6.45, 7) is 2.46. The van der Waals surface area contributed by atoms with E-state index >= 15 is 0 Å². The van der Waals surface area contributed by atoms with E-state index in [0.29, 0.717) is 12.1 Å². The number of aliphatic hydroxyl groups excluding tert-OH is 1. The zero-order valence-electron chi connectivity index (χ0n) is 13.2. The molecule has 0 aromatic heterocycles. The molecule has 0 saturated carbocycles. The SMILES string of the molecule is CC1CCCC(c2ccccc2)N1C(CO)c1ccccc1. The van der Waals surface area contributed by atoms with Crippen molar-refractivity contribution in [2.24, 2.45) is 0 Å². The highest BCUT2D eigenvalue weighted by Gasteiger charge is 2.34. The van der Waals surface area contributed by atoms with Crippen LogP contribution in [0.1, 0.15) is 49.4 Å². The summed E-state index contributed by atoms with van der Waals surface area (Å²) in [5.41, 5.74) is 2.57. The van der Waals surface area contributed by atoms with E-state index < -0.39 is 0 Å². The molecule has 0 bridgehead atoms. The first-order chi connectivity index (χ1) is 10.8. The summed E-state index contributed by atoms with van der Waals surface area (Å²) in [5.74, 6) is 0. The van der Waals surface area contributed by atoms with Crippen molar-refractivity contribution in [2.45, 2.75) is 44.3 Å². The van der Waals surface area contributed by atoms with Gasteiger partial charge in [0.25, 0.3) is 0 Å². The van der Waals surface area contributed by atoms with Crippen LogP contribution in [0.4, 0.5) is 0 Å². The molecule has 1 aliphatic rings. The van der Waals surface area contributed by atoms with Crippen molar-refractivity contribution < 1.29 is 5.11 Å². The first-order valence-electron chi connectivity index (χ1n) is 8.29. The quantitative estimate of drug-likeness (QED) is 0.907. The zero-order valence-corrected chi connectivity index (χ0v) is 13.2. The molecule has 2 nitrogen and oxygen atoms in total. The Hall–Kier alpha value is -1.64. The summed E-state index contributed by atoms with van der Waals surface area (Å²) in [5, 5.41) is 10.1. The van der Waals surface area contributed by atoms with Gasteiger partial charge < -0.3 is 5.11 Å². The highest BCUT2D eigenvalue weighted by atomic mass is 16.3. The molecule has 0 spiro atoms. The predicted molar refractivity (Wildman–Crippen MR) is 90.6 cm³/mol. The lowest BCUT2D eigenvalue weighted by Gasteiger charge is -2.45. The normalized spacial score (nSPS) is 24.1. The molecule has 2 aromatic carbocycles. The Morgan fingerprint density at radius 2 is 1.64 bits per heavy atom. The summed E-state index contributed by atoms with van der Waals surface area (Å²) in [6, 6.07) is 22.1. The molecule has 1 heterocycles. The molecule has 22 heavy (non-hydrogen) atoms. The summed E-state index contributed by atoms with van der Waals surface area (Å²) >= 11 is 0. The fourth-order valence-corrected chi connectivity index (χ4v) is 3.80. The lowest BCUT2D eigenvalue weighted by molar-refractivity contribution is 0.0164. The first-order valence-corrected chi connectivity index (χ1v) is 8.29. The predicted octanol–water partition coefficient (Wildman–Crippen LogP) is 4.34. The third kappa shape index (κ3) is 3.08. The molecule has 2 heteroatoms. The van der Waals surface area contributed by atoms with Crippen LogP contribution in [0, 0.1) is 0 Å². The Bertz CT molecular complexity index is 527. The van der Waals surface area contributed by atoms with Gasteiger partial charge in [-0.05, 0) is 30.9 Å². The van der Waals surface area contributed by atoms with Gasteiger partial charge in [0.1, 0.15) is 0 Å².